The van der Waals surface area contributed by atoms with E-state index in [2.05, 4.69) is 36.3 Å². The zero-order valence-electron chi connectivity index (χ0n) is 11.8. The number of furan rings is 1. The van der Waals surface area contributed by atoms with Crippen LogP contribution in [0.2, 0.25) is 0 Å². The van der Waals surface area contributed by atoms with Crippen molar-refractivity contribution in [3.05, 3.63) is 54.6 Å². The number of hydrogen-bond acceptors (Lipinski definition) is 3. The molecule has 0 aliphatic carbocycles. The Bertz CT molecular complexity index is 710. The second kappa shape index (κ2) is 5.47. The van der Waals surface area contributed by atoms with Crippen molar-refractivity contribution in [2.45, 2.75) is 26.4 Å². The van der Waals surface area contributed by atoms with Gasteiger partial charge in [0.05, 0.1) is 6.54 Å². The Morgan fingerprint density at radius 1 is 1.15 bits per heavy atom. The van der Waals surface area contributed by atoms with Crippen LogP contribution in [0.15, 0.2) is 53.2 Å². The summed E-state index contributed by atoms with van der Waals surface area (Å²) in [6.07, 6.45) is 3.70. The molecule has 3 nitrogen and oxygen atoms in total. The summed E-state index contributed by atoms with van der Waals surface area (Å²) in [5.74, 6) is 1.85. The smallest absolute Gasteiger partial charge is 0.135 e. The van der Waals surface area contributed by atoms with Crippen LogP contribution in [0, 0.1) is 0 Å². The standard InChI is InChI=1S/C17H18N2O/c1-12(2)19-10-14-6-7-17(20-14)15-5-3-4-13-8-9-18-11-16(13)15/h3-9,11-12,19H,10H2,1-2H3. The van der Waals surface area contributed by atoms with Crippen molar-refractivity contribution in [1.29, 1.82) is 0 Å². The Balaban J connectivity index is 1.95. The predicted molar refractivity (Wildman–Crippen MR) is 81.4 cm³/mol. The predicted octanol–water partition coefficient (Wildman–Crippen LogP) is 3.99. The van der Waals surface area contributed by atoms with Gasteiger partial charge in [-0.05, 0) is 23.6 Å². The van der Waals surface area contributed by atoms with Crippen LogP contribution >= 0.6 is 0 Å². The Hall–Kier alpha value is -2.13. The molecule has 0 spiro atoms. The van der Waals surface area contributed by atoms with Crippen molar-refractivity contribution in [2.24, 2.45) is 0 Å². The van der Waals surface area contributed by atoms with Gasteiger partial charge in [-0.25, -0.2) is 0 Å². The first-order valence-corrected chi connectivity index (χ1v) is 6.89. The van der Waals surface area contributed by atoms with Gasteiger partial charge in [0.2, 0.25) is 0 Å². The molecule has 20 heavy (non-hydrogen) atoms. The van der Waals surface area contributed by atoms with Gasteiger partial charge in [0, 0.05) is 29.4 Å². The molecule has 0 saturated carbocycles. The highest BCUT2D eigenvalue weighted by atomic mass is 16.3. The van der Waals surface area contributed by atoms with Crippen LogP contribution in [0.4, 0.5) is 0 Å². The van der Waals surface area contributed by atoms with Crippen LogP contribution in [0.1, 0.15) is 19.6 Å². The summed E-state index contributed by atoms with van der Waals surface area (Å²) in [5, 5.41) is 5.65. The third kappa shape index (κ3) is 2.58. The van der Waals surface area contributed by atoms with Crippen molar-refractivity contribution >= 4 is 10.8 Å². The van der Waals surface area contributed by atoms with Gasteiger partial charge in [-0.1, -0.05) is 32.0 Å². The number of rotatable bonds is 4. The van der Waals surface area contributed by atoms with E-state index in [1.165, 1.54) is 5.39 Å². The van der Waals surface area contributed by atoms with E-state index in [1.807, 2.05) is 36.7 Å². The zero-order chi connectivity index (χ0) is 13.9. The normalized spacial score (nSPS) is 11.3. The Labute approximate surface area is 118 Å². The largest absolute Gasteiger partial charge is 0.460 e. The monoisotopic (exact) mass is 266 g/mol. The van der Waals surface area contributed by atoms with E-state index in [9.17, 15) is 0 Å². The summed E-state index contributed by atoms with van der Waals surface area (Å²) in [5.41, 5.74) is 1.09. The maximum Gasteiger partial charge on any atom is 0.135 e. The van der Waals surface area contributed by atoms with Crippen molar-refractivity contribution in [3.63, 3.8) is 0 Å². The van der Waals surface area contributed by atoms with E-state index in [0.717, 1.165) is 29.0 Å². The fourth-order valence-electron chi connectivity index (χ4n) is 2.25. The molecule has 2 aromatic heterocycles. The van der Waals surface area contributed by atoms with Crippen LogP contribution in [-0.2, 0) is 6.54 Å². The fourth-order valence-corrected chi connectivity index (χ4v) is 2.25. The molecule has 1 N–H and O–H groups in total. The molecular weight excluding hydrogens is 248 g/mol. The first kappa shape index (κ1) is 12.9. The summed E-state index contributed by atoms with van der Waals surface area (Å²) in [4.78, 5) is 4.21. The summed E-state index contributed by atoms with van der Waals surface area (Å²) in [6, 6.07) is 12.7. The Kier molecular flexibility index (Phi) is 3.52. The van der Waals surface area contributed by atoms with Crippen molar-refractivity contribution in [3.8, 4) is 11.3 Å². The maximum absolute atomic E-state index is 5.94. The summed E-state index contributed by atoms with van der Waals surface area (Å²) < 4.78 is 5.94. The number of hydrogen-bond donors (Lipinski definition) is 1. The second-order valence-corrected chi connectivity index (χ2v) is 5.20. The molecule has 102 valence electrons. The lowest BCUT2D eigenvalue weighted by Crippen LogP contribution is -2.21. The van der Waals surface area contributed by atoms with Crippen molar-refractivity contribution in [2.75, 3.05) is 0 Å². The molecular formula is C17H18N2O. The minimum Gasteiger partial charge on any atom is -0.460 e. The SMILES string of the molecule is CC(C)NCc1ccc(-c2cccc3ccncc23)o1. The van der Waals surface area contributed by atoms with E-state index < -0.39 is 0 Å². The zero-order valence-corrected chi connectivity index (χ0v) is 11.8. The molecule has 0 atom stereocenters. The molecule has 3 heteroatoms. The van der Waals surface area contributed by atoms with Gasteiger partial charge in [-0.3, -0.25) is 4.98 Å². The van der Waals surface area contributed by atoms with Crippen LogP contribution in [0.25, 0.3) is 22.1 Å². The third-order valence-corrected chi connectivity index (χ3v) is 3.30. The lowest BCUT2D eigenvalue weighted by molar-refractivity contribution is 0.473. The van der Waals surface area contributed by atoms with Gasteiger partial charge in [0.25, 0.3) is 0 Å². The van der Waals surface area contributed by atoms with E-state index in [1.54, 1.807) is 0 Å². The first-order valence-electron chi connectivity index (χ1n) is 6.89. The number of aromatic nitrogens is 1. The van der Waals surface area contributed by atoms with Crippen LogP contribution in [-0.4, -0.2) is 11.0 Å². The van der Waals surface area contributed by atoms with Gasteiger partial charge < -0.3 is 9.73 Å². The Morgan fingerprint density at radius 2 is 2.05 bits per heavy atom. The Morgan fingerprint density at radius 3 is 2.90 bits per heavy atom. The fraction of sp³-hybridized carbons (Fsp3) is 0.235. The van der Waals surface area contributed by atoms with Gasteiger partial charge in [0.15, 0.2) is 0 Å². The van der Waals surface area contributed by atoms with Crippen LogP contribution in [0.5, 0.6) is 0 Å². The molecule has 0 saturated heterocycles. The number of benzene rings is 1. The van der Waals surface area contributed by atoms with Crippen LogP contribution in [0.3, 0.4) is 0 Å². The molecule has 1 aromatic carbocycles. The van der Waals surface area contributed by atoms with Crippen molar-refractivity contribution in [1.82, 2.24) is 10.3 Å². The number of nitrogens with one attached hydrogen (secondary N) is 1. The molecule has 3 aromatic rings. The van der Waals surface area contributed by atoms with Crippen LogP contribution < -0.4 is 5.32 Å². The first-order chi connectivity index (χ1) is 9.74. The molecule has 3 rings (SSSR count). The summed E-state index contributed by atoms with van der Waals surface area (Å²) >= 11 is 0. The van der Waals surface area contributed by atoms with Gasteiger partial charge in [-0.15, -0.1) is 0 Å². The molecule has 0 unspecified atom stereocenters. The van der Waals surface area contributed by atoms with E-state index in [4.69, 9.17) is 4.42 Å². The number of pyridine rings is 1. The second-order valence-electron chi connectivity index (χ2n) is 5.20. The third-order valence-electron chi connectivity index (χ3n) is 3.30. The molecule has 0 amide bonds. The molecule has 0 aliphatic rings. The molecule has 2 heterocycles. The molecule has 0 aliphatic heterocycles. The molecule has 0 bridgehead atoms. The highest BCUT2D eigenvalue weighted by Gasteiger charge is 2.08. The maximum atomic E-state index is 5.94. The van der Waals surface area contributed by atoms with E-state index >= 15 is 0 Å². The highest BCUT2D eigenvalue weighted by molar-refractivity contribution is 5.94. The quantitative estimate of drug-likeness (QED) is 0.775. The van der Waals surface area contributed by atoms with E-state index in [-0.39, 0.29) is 0 Å². The van der Waals surface area contributed by atoms with Gasteiger partial charge >= 0.3 is 0 Å². The minimum absolute atomic E-state index is 0.449. The average Bonchev–Trinajstić information content (AvgIpc) is 2.93. The molecule has 0 radical (unpaired) electrons. The van der Waals surface area contributed by atoms with E-state index in [0.29, 0.717) is 6.04 Å². The number of nitrogens with zero attached hydrogens (tertiary/aromatic N) is 1. The molecule has 0 fully saturated rings. The minimum atomic E-state index is 0.449. The highest BCUT2D eigenvalue weighted by Crippen LogP contribution is 2.29. The lowest BCUT2D eigenvalue weighted by atomic mass is 10.1. The van der Waals surface area contributed by atoms with Crippen molar-refractivity contribution < 1.29 is 4.42 Å². The average molecular weight is 266 g/mol. The van der Waals surface area contributed by atoms with Gasteiger partial charge in [0.1, 0.15) is 11.5 Å². The number of fused-ring (bicyclic) bond motifs is 1. The van der Waals surface area contributed by atoms with Gasteiger partial charge in [-0.2, -0.15) is 0 Å². The lowest BCUT2D eigenvalue weighted by Gasteiger charge is -2.06. The summed E-state index contributed by atoms with van der Waals surface area (Å²) in [7, 11) is 0. The topological polar surface area (TPSA) is 38.1 Å². The summed E-state index contributed by atoms with van der Waals surface area (Å²) in [6.45, 7) is 5.00.